The number of rotatable bonds is 5. The van der Waals surface area contributed by atoms with Crippen LogP contribution in [0.5, 0.6) is 0 Å². The first-order valence-corrected chi connectivity index (χ1v) is 11.4. The van der Waals surface area contributed by atoms with Crippen LogP contribution < -0.4 is 0 Å². The molecule has 0 aliphatic heterocycles. The zero-order chi connectivity index (χ0) is 22.0. The molecule has 0 radical (unpaired) electrons. The maximum absolute atomic E-state index is 14.9. The Morgan fingerprint density at radius 2 is 1.58 bits per heavy atom. The molecule has 0 atom stereocenters. The Labute approximate surface area is 182 Å². The van der Waals surface area contributed by atoms with Gasteiger partial charge in [-0.05, 0) is 79.0 Å². The lowest BCUT2D eigenvalue weighted by atomic mass is 9.78. The van der Waals surface area contributed by atoms with Crippen molar-refractivity contribution in [3.63, 3.8) is 0 Å². The number of hydrogen-bond donors (Lipinski definition) is 0. The van der Waals surface area contributed by atoms with Crippen LogP contribution >= 0.6 is 0 Å². The highest BCUT2D eigenvalue weighted by molar-refractivity contribution is 5.89. The van der Waals surface area contributed by atoms with Crippen molar-refractivity contribution < 1.29 is 13.2 Å². The lowest BCUT2D eigenvalue weighted by Crippen LogP contribution is -2.11. The average Bonchev–Trinajstić information content (AvgIpc) is 2.79. The van der Waals surface area contributed by atoms with Crippen LogP contribution in [0.3, 0.4) is 0 Å². The molecule has 0 aromatic heterocycles. The minimum Gasteiger partial charge on any atom is -0.206 e. The third kappa shape index (κ3) is 4.28. The van der Waals surface area contributed by atoms with Gasteiger partial charge in [0, 0.05) is 5.56 Å². The highest BCUT2D eigenvalue weighted by Gasteiger charge is 2.22. The molecule has 0 spiro atoms. The van der Waals surface area contributed by atoms with Crippen molar-refractivity contribution in [2.75, 3.05) is 0 Å². The molecule has 0 bridgehead atoms. The molecular weight excluding hydrogens is 393 g/mol. The molecule has 1 aliphatic rings. The molecule has 1 aliphatic carbocycles. The maximum Gasteiger partial charge on any atom is 0.170 e. The summed E-state index contributed by atoms with van der Waals surface area (Å²) in [5.41, 5.74) is 2.47. The zero-order valence-corrected chi connectivity index (χ0v) is 18.2. The first-order chi connectivity index (χ1) is 15.0. The molecule has 162 valence electrons. The highest BCUT2D eigenvalue weighted by atomic mass is 19.2. The second kappa shape index (κ2) is 9.30. The number of aryl methyl sites for hydroxylation is 1. The van der Waals surface area contributed by atoms with Crippen molar-refractivity contribution in [3.8, 4) is 11.1 Å². The summed E-state index contributed by atoms with van der Waals surface area (Å²) in [4.78, 5) is 0. The van der Waals surface area contributed by atoms with Gasteiger partial charge in [0.15, 0.2) is 11.6 Å². The van der Waals surface area contributed by atoms with Crippen molar-refractivity contribution in [1.29, 1.82) is 0 Å². The van der Waals surface area contributed by atoms with E-state index in [1.54, 1.807) is 18.2 Å². The van der Waals surface area contributed by atoms with E-state index < -0.39 is 17.5 Å². The molecule has 0 N–H and O–H groups in total. The maximum atomic E-state index is 14.9. The fourth-order valence-corrected chi connectivity index (χ4v) is 4.95. The van der Waals surface area contributed by atoms with E-state index in [-0.39, 0.29) is 10.9 Å². The summed E-state index contributed by atoms with van der Waals surface area (Å²) in [6, 6.07) is 12.7. The number of fused-ring (bicyclic) bond motifs is 1. The van der Waals surface area contributed by atoms with E-state index in [0.717, 1.165) is 19.3 Å². The van der Waals surface area contributed by atoms with E-state index in [1.807, 2.05) is 31.2 Å². The summed E-state index contributed by atoms with van der Waals surface area (Å²) in [5.74, 6) is -1.55. The summed E-state index contributed by atoms with van der Waals surface area (Å²) in [6.45, 7) is 4.00. The van der Waals surface area contributed by atoms with E-state index in [9.17, 15) is 13.2 Å². The van der Waals surface area contributed by atoms with Gasteiger partial charge < -0.3 is 0 Å². The summed E-state index contributed by atoms with van der Waals surface area (Å²) in [7, 11) is 0. The summed E-state index contributed by atoms with van der Waals surface area (Å²) in [5, 5.41) is 0.138. The highest BCUT2D eigenvalue weighted by Crippen LogP contribution is 2.38. The molecule has 0 unspecified atom stereocenters. The Kier molecular flexibility index (Phi) is 6.50. The number of halogens is 3. The van der Waals surface area contributed by atoms with Gasteiger partial charge in [0.2, 0.25) is 0 Å². The van der Waals surface area contributed by atoms with Gasteiger partial charge in [0.05, 0.1) is 5.39 Å². The molecule has 0 amide bonds. The Balaban J connectivity index is 1.63. The first kappa shape index (κ1) is 21.7. The third-order valence-electron chi connectivity index (χ3n) is 6.65. The summed E-state index contributed by atoms with van der Waals surface area (Å²) < 4.78 is 44.6. The van der Waals surface area contributed by atoms with Gasteiger partial charge in [0.25, 0.3) is 0 Å². The van der Waals surface area contributed by atoms with Crippen LogP contribution in [0.25, 0.3) is 21.9 Å². The van der Waals surface area contributed by atoms with Gasteiger partial charge in [-0.1, -0.05) is 61.9 Å². The van der Waals surface area contributed by atoms with E-state index in [1.165, 1.54) is 18.4 Å². The molecule has 1 saturated carbocycles. The van der Waals surface area contributed by atoms with Crippen LogP contribution in [-0.2, 0) is 6.42 Å². The molecule has 31 heavy (non-hydrogen) atoms. The summed E-state index contributed by atoms with van der Waals surface area (Å²) in [6.07, 6.45) is 10.3. The van der Waals surface area contributed by atoms with Gasteiger partial charge in [-0.2, -0.15) is 0 Å². The minimum atomic E-state index is -1.10. The molecule has 0 saturated heterocycles. The molecule has 0 heterocycles. The normalized spacial score (nSPS) is 19.4. The molecule has 0 nitrogen and oxygen atoms in total. The van der Waals surface area contributed by atoms with E-state index >= 15 is 0 Å². The Bertz CT molecular complexity index is 1090. The topological polar surface area (TPSA) is 0 Å². The van der Waals surface area contributed by atoms with Crippen LogP contribution in [0.4, 0.5) is 13.2 Å². The Morgan fingerprint density at radius 3 is 2.23 bits per heavy atom. The van der Waals surface area contributed by atoms with Crippen molar-refractivity contribution in [2.24, 2.45) is 5.92 Å². The van der Waals surface area contributed by atoms with Crippen molar-refractivity contribution >= 4 is 10.8 Å². The van der Waals surface area contributed by atoms with Gasteiger partial charge in [-0.25, -0.2) is 13.2 Å². The van der Waals surface area contributed by atoms with Crippen LogP contribution in [0, 0.1) is 23.4 Å². The summed E-state index contributed by atoms with van der Waals surface area (Å²) >= 11 is 0. The van der Waals surface area contributed by atoms with Crippen LogP contribution in [-0.4, -0.2) is 0 Å². The van der Waals surface area contributed by atoms with Crippen molar-refractivity contribution in [3.05, 3.63) is 83.2 Å². The number of hydrogen-bond acceptors (Lipinski definition) is 0. The fourth-order valence-electron chi connectivity index (χ4n) is 4.95. The third-order valence-corrected chi connectivity index (χ3v) is 6.65. The molecule has 1 fully saturated rings. The standard InChI is InChI=1S/C28H29F3/c1-3-5-18-7-9-19(10-8-18)20-11-13-21(14-12-20)24-17-23-16-15-22(6-4-2)26(29)25(23)28(31)27(24)30/h3,5,11-19H,4,6-10H2,1-2H3/b5-3+. The Morgan fingerprint density at radius 1 is 0.871 bits per heavy atom. The predicted molar refractivity (Wildman–Crippen MR) is 123 cm³/mol. The molecular formula is C28H29F3. The van der Waals surface area contributed by atoms with E-state index in [2.05, 4.69) is 19.1 Å². The molecule has 3 aromatic rings. The number of allylic oxidation sites excluding steroid dienone is 2. The molecule has 3 aromatic carbocycles. The lowest BCUT2D eigenvalue weighted by Gasteiger charge is -2.27. The van der Waals surface area contributed by atoms with Gasteiger partial charge >= 0.3 is 0 Å². The van der Waals surface area contributed by atoms with Crippen LogP contribution in [0.1, 0.15) is 63.0 Å². The van der Waals surface area contributed by atoms with Gasteiger partial charge in [-0.3, -0.25) is 0 Å². The van der Waals surface area contributed by atoms with Gasteiger partial charge in [-0.15, -0.1) is 0 Å². The fraction of sp³-hybridized carbons (Fsp3) is 0.357. The Hall–Kier alpha value is -2.55. The smallest absolute Gasteiger partial charge is 0.170 e. The molecule has 3 heteroatoms. The SMILES string of the molecule is C/C=C/C1CCC(c2ccc(-c3cc4ccc(CCC)c(F)c4c(F)c3F)cc2)CC1. The monoisotopic (exact) mass is 422 g/mol. The van der Waals surface area contributed by atoms with Gasteiger partial charge in [0.1, 0.15) is 5.82 Å². The first-order valence-electron chi connectivity index (χ1n) is 11.4. The van der Waals surface area contributed by atoms with Crippen molar-refractivity contribution in [2.45, 2.75) is 58.3 Å². The van der Waals surface area contributed by atoms with Crippen LogP contribution in [0.15, 0.2) is 54.6 Å². The van der Waals surface area contributed by atoms with E-state index in [4.69, 9.17) is 0 Å². The van der Waals surface area contributed by atoms with Crippen molar-refractivity contribution in [1.82, 2.24) is 0 Å². The second-order valence-corrected chi connectivity index (χ2v) is 8.70. The average molecular weight is 423 g/mol. The molecule has 4 rings (SSSR count). The number of benzene rings is 3. The zero-order valence-electron chi connectivity index (χ0n) is 18.2. The predicted octanol–water partition coefficient (Wildman–Crippen LogP) is 8.73. The van der Waals surface area contributed by atoms with E-state index in [0.29, 0.717) is 34.8 Å². The second-order valence-electron chi connectivity index (χ2n) is 8.70. The lowest BCUT2D eigenvalue weighted by molar-refractivity contribution is 0.376. The largest absolute Gasteiger partial charge is 0.206 e. The quantitative estimate of drug-likeness (QED) is 0.361. The minimum absolute atomic E-state index is 0.177. The van der Waals surface area contributed by atoms with Crippen LogP contribution in [0.2, 0.25) is 0 Å².